The third kappa shape index (κ3) is 5.10. The SMILES string of the molecule is C=CCCCOC(=O)[C@H]1[C@@H]2OC3(CC2Br)C(C(=O)N(CC=C)c2ccccc2Cl)N([C@H](CO)c2ccccc2)C(=O)[C@H]13. The van der Waals surface area contributed by atoms with E-state index < -0.39 is 60.0 Å². The largest absolute Gasteiger partial charge is 0.465 e. The van der Waals surface area contributed by atoms with Crippen LogP contribution in [-0.2, 0) is 23.9 Å². The number of aliphatic hydroxyl groups is 1. The van der Waals surface area contributed by atoms with Crippen LogP contribution in [0.4, 0.5) is 5.69 Å². The summed E-state index contributed by atoms with van der Waals surface area (Å²) in [6.07, 6.45) is 4.30. The first-order chi connectivity index (χ1) is 20.3. The fourth-order valence-electron chi connectivity index (χ4n) is 6.73. The molecule has 0 radical (unpaired) electrons. The molecule has 2 amide bonds. The molecule has 8 nitrogen and oxygen atoms in total. The summed E-state index contributed by atoms with van der Waals surface area (Å²) in [5.74, 6) is -3.28. The van der Waals surface area contributed by atoms with Crippen molar-refractivity contribution in [2.45, 2.75) is 47.9 Å². The Bertz CT molecular complexity index is 1360. The van der Waals surface area contributed by atoms with Gasteiger partial charge in [0.05, 0.1) is 47.9 Å². The van der Waals surface area contributed by atoms with E-state index in [2.05, 4.69) is 29.1 Å². The first-order valence-corrected chi connectivity index (χ1v) is 15.3. The number of hydrogen-bond acceptors (Lipinski definition) is 6. The van der Waals surface area contributed by atoms with Gasteiger partial charge in [0, 0.05) is 11.4 Å². The van der Waals surface area contributed by atoms with Crippen LogP contribution in [0.1, 0.15) is 30.9 Å². The van der Waals surface area contributed by atoms with Crippen molar-refractivity contribution in [2.75, 3.05) is 24.7 Å². The molecular formula is C32H34BrClN2O6. The monoisotopic (exact) mass is 656 g/mol. The van der Waals surface area contributed by atoms with Crippen LogP contribution in [-0.4, -0.2) is 70.1 Å². The molecule has 3 aliphatic heterocycles. The molecule has 1 spiro atoms. The highest BCUT2D eigenvalue weighted by atomic mass is 79.9. The number of alkyl halides is 1. The Kier molecular flexibility index (Phi) is 9.23. The first-order valence-electron chi connectivity index (χ1n) is 14.0. The number of likely N-dealkylation sites (tertiary alicyclic amines) is 1. The molecule has 2 bridgehead atoms. The van der Waals surface area contributed by atoms with E-state index in [0.717, 1.165) is 0 Å². The van der Waals surface area contributed by atoms with Crippen molar-refractivity contribution in [1.82, 2.24) is 4.90 Å². The topological polar surface area (TPSA) is 96.4 Å². The molecular weight excluding hydrogens is 624 g/mol. The van der Waals surface area contributed by atoms with Crippen molar-refractivity contribution in [1.29, 1.82) is 0 Å². The van der Waals surface area contributed by atoms with E-state index in [-0.39, 0.29) is 18.0 Å². The predicted molar refractivity (Wildman–Crippen MR) is 163 cm³/mol. The number of amides is 2. The number of ether oxygens (including phenoxy) is 2. The Morgan fingerprint density at radius 2 is 1.90 bits per heavy atom. The molecule has 0 aromatic heterocycles. The van der Waals surface area contributed by atoms with Gasteiger partial charge < -0.3 is 24.4 Å². The number of aliphatic hydroxyl groups excluding tert-OH is 1. The minimum Gasteiger partial charge on any atom is -0.465 e. The Morgan fingerprint density at radius 3 is 2.57 bits per heavy atom. The standard InChI is InChI=1S/C32H34BrClN2O6/c1-3-5-11-17-41-31(40)25-26-29(38)36(24(19-37)20-12-7-6-8-13-20)28(32(26)18-21(33)27(25)42-32)30(39)35(16-4-2)23-15-10-9-14-22(23)34/h3-4,6-10,12-15,21,24-28,37H,1-2,5,11,16-19H2/t21?,24-,25-,26+,27-,28?,32?/m1/s1. The van der Waals surface area contributed by atoms with E-state index in [1.807, 2.05) is 18.2 Å². The zero-order valence-corrected chi connectivity index (χ0v) is 25.5. The molecule has 222 valence electrons. The van der Waals surface area contributed by atoms with Crippen LogP contribution in [0, 0.1) is 11.8 Å². The number of esters is 1. The molecule has 3 aliphatic rings. The molecule has 3 unspecified atom stereocenters. The van der Waals surface area contributed by atoms with Gasteiger partial charge in [0.25, 0.3) is 5.91 Å². The van der Waals surface area contributed by atoms with Crippen LogP contribution >= 0.6 is 27.5 Å². The number of allylic oxidation sites excluding steroid dienone is 1. The summed E-state index contributed by atoms with van der Waals surface area (Å²) >= 11 is 10.2. The van der Waals surface area contributed by atoms with Crippen LogP contribution in [0.2, 0.25) is 5.02 Å². The molecule has 3 saturated heterocycles. The Morgan fingerprint density at radius 1 is 1.19 bits per heavy atom. The molecule has 5 rings (SSSR count). The third-order valence-electron chi connectivity index (χ3n) is 8.44. The summed E-state index contributed by atoms with van der Waals surface area (Å²) < 4.78 is 12.2. The summed E-state index contributed by atoms with van der Waals surface area (Å²) in [5.41, 5.74) is -0.220. The predicted octanol–water partition coefficient (Wildman–Crippen LogP) is 4.85. The molecule has 42 heavy (non-hydrogen) atoms. The molecule has 7 atom stereocenters. The quantitative estimate of drug-likeness (QED) is 0.152. The van der Waals surface area contributed by atoms with E-state index in [1.54, 1.807) is 48.6 Å². The molecule has 1 N–H and O–H groups in total. The molecule has 3 fully saturated rings. The average molecular weight is 658 g/mol. The van der Waals surface area contributed by atoms with Crippen LogP contribution in [0.3, 0.4) is 0 Å². The average Bonchev–Trinajstić information content (AvgIpc) is 3.59. The minimum absolute atomic E-state index is 0.118. The van der Waals surface area contributed by atoms with Crippen molar-refractivity contribution >= 4 is 51.0 Å². The highest BCUT2D eigenvalue weighted by Crippen LogP contribution is 2.61. The second kappa shape index (κ2) is 12.7. The van der Waals surface area contributed by atoms with Crippen molar-refractivity contribution in [3.05, 3.63) is 90.5 Å². The van der Waals surface area contributed by atoms with Crippen LogP contribution in [0.25, 0.3) is 0 Å². The van der Waals surface area contributed by atoms with Gasteiger partial charge in [0.1, 0.15) is 11.6 Å². The van der Waals surface area contributed by atoms with E-state index in [1.165, 1.54) is 9.80 Å². The third-order valence-corrected chi connectivity index (χ3v) is 9.61. The van der Waals surface area contributed by atoms with Gasteiger partial charge in [0.2, 0.25) is 5.91 Å². The number of carbonyl (C=O) groups excluding carboxylic acids is 3. The lowest BCUT2D eigenvalue weighted by atomic mass is 9.70. The van der Waals surface area contributed by atoms with Crippen LogP contribution in [0.5, 0.6) is 0 Å². The fourth-order valence-corrected chi connectivity index (χ4v) is 7.91. The van der Waals surface area contributed by atoms with Crippen molar-refractivity contribution in [2.24, 2.45) is 11.8 Å². The number of anilines is 1. The summed E-state index contributed by atoms with van der Waals surface area (Å²) in [6.45, 7) is 7.40. The summed E-state index contributed by atoms with van der Waals surface area (Å²) in [4.78, 5) is 45.4. The van der Waals surface area contributed by atoms with Crippen LogP contribution in [0.15, 0.2) is 79.9 Å². The number of rotatable bonds is 12. The van der Waals surface area contributed by atoms with Gasteiger partial charge in [0.15, 0.2) is 0 Å². The number of benzene rings is 2. The summed E-state index contributed by atoms with van der Waals surface area (Å²) in [5, 5.41) is 11.0. The van der Waals surface area contributed by atoms with Gasteiger partial charge in [-0.05, 0) is 37.0 Å². The Balaban J connectivity index is 1.62. The van der Waals surface area contributed by atoms with E-state index >= 15 is 0 Å². The minimum atomic E-state index is -1.33. The van der Waals surface area contributed by atoms with Gasteiger partial charge >= 0.3 is 5.97 Å². The Labute approximate surface area is 259 Å². The first kappa shape index (κ1) is 30.5. The van der Waals surface area contributed by atoms with Gasteiger partial charge in [-0.1, -0.05) is 82.1 Å². The molecule has 2 aromatic carbocycles. The van der Waals surface area contributed by atoms with Gasteiger partial charge in [-0.15, -0.1) is 13.2 Å². The van der Waals surface area contributed by atoms with Gasteiger partial charge in [-0.25, -0.2) is 0 Å². The second-order valence-electron chi connectivity index (χ2n) is 10.8. The molecule has 10 heteroatoms. The van der Waals surface area contributed by atoms with Crippen LogP contribution < -0.4 is 4.90 Å². The van der Waals surface area contributed by atoms with Crippen molar-refractivity contribution in [3.63, 3.8) is 0 Å². The maximum atomic E-state index is 14.8. The summed E-state index contributed by atoms with van der Waals surface area (Å²) in [6, 6.07) is 14.0. The highest BCUT2D eigenvalue weighted by molar-refractivity contribution is 9.09. The Hall–Kier alpha value is -2.98. The maximum Gasteiger partial charge on any atom is 0.312 e. The number of fused-ring (bicyclic) bond motifs is 1. The molecule has 3 heterocycles. The highest BCUT2D eigenvalue weighted by Gasteiger charge is 2.77. The second-order valence-corrected chi connectivity index (χ2v) is 12.4. The number of hydrogen-bond donors (Lipinski definition) is 1. The fraction of sp³-hybridized carbons (Fsp3) is 0.406. The van der Waals surface area contributed by atoms with E-state index in [0.29, 0.717) is 35.5 Å². The molecule has 0 aliphatic carbocycles. The number of nitrogens with zero attached hydrogens (tertiary/aromatic N) is 2. The normalized spacial score (nSPS) is 28.3. The zero-order chi connectivity index (χ0) is 30.0. The lowest BCUT2D eigenvalue weighted by Crippen LogP contribution is -2.57. The number of halogens is 2. The number of para-hydroxylation sites is 1. The smallest absolute Gasteiger partial charge is 0.312 e. The van der Waals surface area contributed by atoms with Crippen molar-refractivity contribution < 1.29 is 29.0 Å². The zero-order valence-electron chi connectivity index (χ0n) is 23.1. The molecule has 2 aromatic rings. The maximum absolute atomic E-state index is 14.8. The van der Waals surface area contributed by atoms with E-state index in [4.69, 9.17) is 21.1 Å². The molecule has 0 saturated carbocycles. The number of carbonyl (C=O) groups is 3. The summed E-state index contributed by atoms with van der Waals surface area (Å²) in [7, 11) is 0. The van der Waals surface area contributed by atoms with E-state index in [9.17, 15) is 19.5 Å². The van der Waals surface area contributed by atoms with Gasteiger partial charge in [-0.3, -0.25) is 14.4 Å². The lowest BCUT2D eigenvalue weighted by Gasteiger charge is -2.39. The van der Waals surface area contributed by atoms with Crippen molar-refractivity contribution in [3.8, 4) is 0 Å². The van der Waals surface area contributed by atoms with Gasteiger partial charge in [-0.2, -0.15) is 0 Å². The number of unbranched alkanes of at least 4 members (excludes halogenated alkanes) is 1. The lowest BCUT2D eigenvalue weighted by molar-refractivity contribution is -0.155.